The minimum Gasteiger partial charge on any atom is -0.425 e. The van der Waals surface area contributed by atoms with Gasteiger partial charge in [0.2, 0.25) is 10.0 Å². The number of ether oxygens (including phenoxy) is 1. The highest BCUT2D eigenvalue weighted by atomic mass is 32.2. The predicted octanol–water partition coefficient (Wildman–Crippen LogP) is 4.23. The van der Waals surface area contributed by atoms with Gasteiger partial charge in [-0.3, -0.25) is 0 Å². The number of carbonyl (C=O) groups excluding carboxylic acids is 1. The van der Waals surface area contributed by atoms with E-state index in [0.29, 0.717) is 16.5 Å². The number of hydrogen-bond donors (Lipinski definition) is 1. The normalized spacial score (nSPS) is 12.7. The van der Waals surface area contributed by atoms with Crippen LogP contribution in [0.25, 0.3) is 21.7 Å². The average molecular weight is 466 g/mol. The molecule has 0 amide bonds. The van der Waals surface area contributed by atoms with Gasteiger partial charge >= 0.3 is 11.6 Å². The van der Waals surface area contributed by atoms with E-state index in [4.69, 9.17) is 9.15 Å². The van der Waals surface area contributed by atoms with Gasteiger partial charge in [-0.2, -0.15) is 4.72 Å². The highest BCUT2D eigenvalue weighted by Crippen LogP contribution is 2.31. The molecule has 1 heterocycles. The predicted molar refractivity (Wildman–Crippen MR) is 126 cm³/mol. The summed E-state index contributed by atoms with van der Waals surface area (Å²) in [5.74, 6) is -0.558. The lowest BCUT2D eigenvalue weighted by atomic mass is 10.0. The second-order valence-electron chi connectivity index (χ2n) is 7.82. The summed E-state index contributed by atoms with van der Waals surface area (Å²) in [5, 5.41) is 1.92. The lowest BCUT2D eigenvalue weighted by Crippen LogP contribution is -2.42. The van der Waals surface area contributed by atoms with E-state index >= 15 is 0 Å². The molecule has 4 rings (SSSR count). The minimum atomic E-state index is -3.91. The van der Waals surface area contributed by atoms with Gasteiger partial charge in [0.1, 0.15) is 17.4 Å². The van der Waals surface area contributed by atoms with Crippen molar-refractivity contribution < 1.29 is 22.4 Å². The highest BCUT2D eigenvalue weighted by molar-refractivity contribution is 7.89. The maximum atomic E-state index is 12.8. The van der Waals surface area contributed by atoms with Crippen molar-refractivity contribution >= 4 is 37.7 Å². The molecule has 1 aromatic heterocycles. The van der Waals surface area contributed by atoms with E-state index in [9.17, 15) is 18.0 Å². The number of hydrogen-bond acceptors (Lipinski definition) is 6. The zero-order valence-corrected chi connectivity index (χ0v) is 19.2. The van der Waals surface area contributed by atoms with Gasteiger partial charge < -0.3 is 9.15 Å². The van der Waals surface area contributed by atoms with Gasteiger partial charge in [-0.05, 0) is 56.0 Å². The zero-order valence-electron chi connectivity index (χ0n) is 18.4. The number of rotatable bonds is 6. The number of esters is 1. The van der Waals surface area contributed by atoms with Crippen LogP contribution in [-0.4, -0.2) is 20.4 Å². The van der Waals surface area contributed by atoms with Crippen molar-refractivity contribution in [3.63, 3.8) is 0 Å². The summed E-state index contributed by atoms with van der Waals surface area (Å²) in [6, 6.07) is 15.7. The lowest BCUT2D eigenvalue weighted by molar-refractivity contribution is -0.136. The summed E-state index contributed by atoms with van der Waals surface area (Å²) in [7, 11) is -3.91. The third-order valence-corrected chi connectivity index (χ3v) is 7.01. The summed E-state index contributed by atoms with van der Waals surface area (Å²) < 4.78 is 38.9. The smallest absolute Gasteiger partial charge is 0.344 e. The van der Waals surface area contributed by atoms with Crippen molar-refractivity contribution in [2.24, 2.45) is 0 Å². The molecule has 1 atom stereocenters. The molecule has 0 unspecified atom stereocenters. The van der Waals surface area contributed by atoms with E-state index in [1.165, 1.54) is 12.1 Å². The van der Waals surface area contributed by atoms with Gasteiger partial charge in [0.25, 0.3) is 0 Å². The van der Waals surface area contributed by atoms with Crippen molar-refractivity contribution in [2.75, 3.05) is 0 Å². The van der Waals surface area contributed by atoms with Crippen LogP contribution >= 0.6 is 0 Å². The summed E-state index contributed by atoms with van der Waals surface area (Å²) >= 11 is 0. The average Bonchev–Trinajstić information content (AvgIpc) is 2.80. The number of carbonyl (C=O) groups is 1. The summed E-state index contributed by atoms with van der Waals surface area (Å²) in [4.78, 5) is 25.3. The quantitative estimate of drug-likeness (QED) is 0.198. The van der Waals surface area contributed by atoms with Crippen molar-refractivity contribution in [1.29, 1.82) is 0 Å². The third-order valence-electron chi connectivity index (χ3n) is 5.52. The SMILES string of the molecule is CC[C@H](NS(=O)(=O)c1ccc(C)cc1)C(=O)Oc1ccc2c(oc(=O)c3ccccc32)c1C. The first-order valence-electron chi connectivity index (χ1n) is 10.5. The fourth-order valence-electron chi connectivity index (χ4n) is 3.62. The molecule has 8 heteroatoms. The van der Waals surface area contributed by atoms with Crippen molar-refractivity contribution in [3.8, 4) is 5.75 Å². The van der Waals surface area contributed by atoms with Crippen LogP contribution < -0.4 is 15.1 Å². The summed E-state index contributed by atoms with van der Waals surface area (Å²) in [5.41, 5.74) is 1.23. The Labute approximate surface area is 191 Å². The molecule has 3 aromatic carbocycles. The molecule has 0 fully saturated rings. The Morgan fingerprint density at radius 2 is 1.64 bits per heavy atom. The van der Waals surface area contributed by atoms with E-state index in [1.807, 2.05) is 19.1 Å². The van der Waals surface area contributed by atoms with Gasteiger partial charge in [-0.15, -0.1) is 0 Å². The molecule has 0 spiro atoms. The topological polar surface area (TPSA) is 103 Å². The molecular formula is C25H23NO6S. The lowest BCUT2D eigenvalue weighted by Gasteiger charge is -2.17. The number of fused-ring (bicyclic) bond motifs is 3. The molecular weight excluding hydrogens is 442 g/mol. The number of benzene rings is 3. The molecule has 33 heavy (non-hydrogen) atoms. The fraction of sp³-hybridized carbons (Fsp3) is 0.200. The van der Waals surface area contributed by atoms with Crippen LogP contribution in [0.1, 0.15) is 24.5 Å². The molecule has 0 radical (unpaired) electrons. The molecule has 7 nitrogen and oxygen atoms in total. The van der Waals surface area contributed by atoms with Crippen LogP contribution in [0, 0.1) is 13.8 Å². The molecule has 0 saturated carbocycles. The molecule has 170 valence electrons. The van der Waals surface area contributed by atoms with Gasteiger partial charge in [-0.25, -0.2) is 18.0 Å². The van der Waals surface area contributed by atoms with Crippen LogP contribution in [0.3, 0.4) is 0 Å². The first-order chi connectivity index (χ1) is 15.7. The minimum absolute atomic E-state index is 0.0647. The van der Waals surface area contributed by atoms with Crippen molar-refractivity contribution in [2.45, 2.75) is 38.1 Å². The van der Waals surface area contributed by atoms with E-state index in [1.54, 1.807) is 50.2 Å². The molecule has 0 saturated heterocycles. The first kappa shape index (κ1) is 22.7. The maximum absolute atomic E-state index is 12.8. The Bertz CT molecular complexity index is 1520. The molecule has 0 aliphatic carbocycles. The monoisotopic (exact) mass is 465 g/mol. The zero-order chi connectivity index (χ0) is 23.8. The Kier molecular flexibility index (Phi) is 6.05. The standard InChI is InChI=1S/C25H23NO6S/c1-4-21(26-33(29,30)17-11-9-15(2)10-12-17)25(28)31-22-14-13-19-18-7-5-6-8-20(18)24(27)32-23(19)16(22)3/h5-14,21,26H,4H2,1-3H3/t21-/m0/s1. The highest BCUT2D eigenvalue weighted by Gasteiger charge is 2.27. The Hall–Kier alpha value is -3.49. The number of nitrogens with one attached hydrogen (secondary N) is 1. The first-order valence-corrected chi connectivity index (χ1v) is 12.0. The number of aryl methyl sites for hydroxylation is 2. The van der Waals surface area contributed by atoms with Crippen LogP contribution in [0.4, 0.5) is 0 Å². The van der Waals surface area contributed by atoms with Crippen LogP contribution in [0.15, 0.2) is 74.8 Å². The largest absolute Gasteiger partial charge is 0.425 e. The molecule has 0 bridgehead atoms. The molecule has 4 aromatic rings. The van der Waals surface area contributed by atoms with Gasteiger partial charge in [0.15, 0.2) is 0 Å². The molecule has 1 N–H and O–H groups in total. The van der Waals surface area contributed by atoms with Crippen molar-refractivity contribution in [1.82, 2.24) is 4.72 Å². The molecule has 0 aliphatic rings. The van der Waals surface area contributed by atoms with Crippen LogP contribution in [0.5, 0.6) is 5.75 Å². The number of sulfonamides is 1. The van der Waals surface area contributed by atoms with Gasteiger partial charge in [0.05, 0.1) is 10.3 Å². The fourth-order valence-corrected chi connectivity index (χ4v) is 4.89. The van der Waals surface area contributed by atoms with E-state index in [2.05, 4.69) is 4.72 Å². The maximum Gasteiger partial charge on any atom is 0.344 e. The van der Waals surface area contributed by atoms with E-state index < -0.39 is 27.7 Å². The summed E-state index contributed by atoms with van der Waals surface area (Å²) in [6.45, 7) is 5.22. The summed E-state index contributed by atoms with van der Waals surface area (Å²) in [6.07, 6.45) is 0.191. The van der Waals surface area contributed by atoms with Crippen LogP contribution in [-0.2, 0) is 14.8 Å². The van der Waals surface area contributed by atoms with Gasteiger partial charge in [0, 0.05) is 10.9 Å². The van der Waals surface area contributed by atoms with Gasteiger partial charge in [-0.1, -0.05) is 42.8 Å². The molecule has 0 aliphatic heterocycles. The second-order valence-corrected chi connectivity index (χ2v) is 9.53. The van der Waals surface area contributed by atoms with Crippen molar-refractivity contribution in [3.05, 3.63) is 82.2 Å². The second kappa shape index (κ2) is 8.80. The Balaban J connectivity index is 1.63. The van der Waals surface area contributed by atoms with E-state index in [-0.39, 0.29) is 17.1 Å². The third kappa shape index (κ3) is 4.40. The van der Waals surface area contributed by atoms with Crippen LogP contribution in [0.2, 0.25) is 0 Å². The van der Waals surface area contributed by atoms with E-state index in [0.717, 1.165) is 16.3 Å². The Morgan fingerprint density at radius 1 is 0.970 bits per heavy atom. The Morgan fingerprint density at radius 3 is 2.30 bits per heavy atom.